The predicted octanol–water partition coefficient (Wildman–Crippen LogP) is 0.851. The SMILES string of the molecule is CC(C)(C)NCCCSCC(O)CO. The molecule has 0 aromatic carbocycles. The molecule has 0 saturated carbocycles. The third-order valence-electron chi connectivity index (χ3n) is 1.64. The molecule has 0 aromatic heterocycles. The van der Waals surface area contributed by atoms with Crippen LogP contribution in [0, 0.1) is 0 Å². The summed E-state index contributed by atoms with van der Waals surface area (Å²) >= 11 is 1.69. The van der Waals surface area contributed by atoms with E-state index in [0.29, 0.717) is 5.75 Å². The summed E-state index contributed by atoms with van der Waals surface area (Å²) in [4.78, 5) is 0. The largest absolute Gasteiger partial charge is 0.394 e. The molecule has 0 bridgehead atoms. The fraction of sp³-hybridized carbons (Fsp3) is 1.00. The topological polar surface area (TPSA) is 52.5 Å². The average Bonchev–Trinajstić information content (AvgIpc) is 2.08. The summed E-state index contributed by atoms with van der Waals surface area (Å²) in [5.74, 6) is 1.66. The van der Waals surface area contributed by atoms with Gasteiger partial charge in [0.15, 0.2) is 0 Å². The standard InChI is InChI=1S/C10H23NO2S/c1-10(2,3)11-5-4-6-14-8-9(13)7-12/h9,11-13H,4-8H2,1-3H3. The van der Waals surface area contributed by atoms with E-state index in [-0.39, 0.29) is 12.1 Å². The maximum absolute atomic E-state index is 9.06. The number of nitrogens with one attached hydrogen (secondary N) is 1. The summed E-state index contributed by atoms with van der Waals surface area (Å²) in [6.07, 6.45) is 0.538. The molecule has 0 aliphatic rings. The highest BCUT2D eigenvalue weighted by Crippen LogP contribution is 2.05. The lowest BCUT2D eigenvalue weighted by atomic mass is 10.1. The summed E-state index contributed by atoms with van der Waals surface area (Å²) in [5.41, 5.74) is 0.190. The Kier molecular flexibility index (Phi) is 7.64. The first-order valence-electron chi connectivity index (χ1n) is 5.07. The lowest BCUT2D eigenvalue weighted by Crippen LogP contribution is -2.36. The zero-order valence-corrected chi connectivity index (χ0v) is 10.2. The van der Waals surface area contributed by atoms with Gasteiger partial charge in [-0.2, -0.15) is 11.8 Å². The minimum Gasteiger partial charge on any atom is -0.394 e. The van der Waals surface area contributed by atoms with Crippen molar-refractivity contribution in [3.05, 3.63) is 0 Å². The van der Waals surface area contributed by atoms with Crippen molar-refractivity contribution in [2.45, 2.75) is 38.8 Å². The monoisotopic (exact) mass is 221 g/mol. The molecule has 0 aliphatic carbocycles. The van der Waals surface area contributed by atoms with Crippen LogP contribution in [0.2, 0.25) is 0 Å². The van der Waals surface area contributed by atoms with Gasteiger partial charge in [0.2, 0.25) is 0 Å². The Morgan fingerprint density at radius 3 is 2.50 bits per heavy atom. The van der Waals surface area contributed by atoms with Gasteiger partial charge in [-0.05, 0) is 39.5 Å². The molecule has 86 valence electrons. The molecule has 0 aliphatic heterocycles. The average molecular weight is 221 g/mol. The van der Waals surface area contributed by atoms with Crippen molar-refractivity contribution >= 4 is 11.8 Å². The second-order valence-electron chi connectivity index (χ2n) is 4.44. The van der Waals surface area contributed by atoms with E-state index in [0.717, 1.165) is 18.7 Å². The van der Waals surface area contributed by atoms with E-state index in [4.69, 9.17) is 10.2 Å². The lowest BCUT2D eigenvalue weighted by molar-refractivity contribution is 0.113. The number of rotatable bonds is 7. The molecule has 14 heavy (non-hydrogen) atoms. The second-order valence-corrected chi connectivity index (χ2v) is 5.59. The van der Waals surface area contributed by atoms with Crippen LogP contribution in [0.3, 0.4) is 0 Å². The maximum Gasteiger partial charge on any atom is 0.0861 e. The van der Waals surface area contributed by atoms with Crippen LogP contribution in [0.25, 0.3) is 0 Å². The van der Waals surface area contributed by atoms with E-state index in [9.17, 15) is 0 Å². The number of hydrogen-bond donors (Lipinski definition) is 3. The molecule has 0 rings (SSSR count). The molecular weight excluding hydrogens is 198 g/mol. The van der Waals surface area contributed by atoms with Crippen LogP contribution in [0.5, 0.6) is 0 Å². The number of aliphatic hydroxyl groups is 2. The van der Waals surface area contributed by atoms with Crippen LogP contribution in [0.4, 0.5) is 0 Å². The van der Waals surface area contributed by atoms with Crippen LogP contribution in [0.15, 0.2) is 0 Å². The van der Waals surface area contributed by atoms with Gasteiger partial charge in [-0.3, -0.25) is 0 Å². The van der Waals surface area contributed by atoms with Crippen LogP contribution < -0.4 is 5.32 Å². The first-order chi connectivity index (χ1) is 6.45. The number of hydrogen-bond acceptors (Lipinski definition) is 4. The van der Waals surface area contributed by atoms with Gasteiger partial charge in [-0.1, -0.05) is 0 Å². The highest BCUT2D eigenvalue weighted by atomic mass is 32.2. The van der Waals surface area contributed by atoms with E-state index in [1.54, 1.807) is 11.8 Å². The van der Waals surface area contributed by atoms with Crippen molar-refractivity contribution in [3.8, 4) is 0 Å². The van der Waals surface area contributed by atoms with Crippen molar-refractivity contribution in [2.24, 2.45) is 0 Å². The minimum absolute atomic E-state index is 0.132. The van der Waals surface area contributed by atoms with E-state index < -0.39 is 6.10 Å². The van der Waals surface area contributed by atoms with Gasteiger partial charge in [0.05, 0.1) is 12.7 Å². The van der Waals surface area contributed by atoms with Crippen molar-refractivity contribution in [1.82, 2.24) is 5.32 Å². The summed E-state index contributed by atoms with van der Waals surface area (Å²) in [6.45, 7) is 7.32. The van der Waals surface area contributed by atoms with Crippen LogP contribution in [0.1, 0.15) is 27.2 Å². The molecule has 0 fully saturated rings. The summed E-state index contributed by atoms with van der Waals surface area (Å²) in [6, 6.07) is 0. The number of thioether (sulfide) groups is 1. The van der Waals surface area contributed by atoms with Crippen LogP contribution in [-0.2, 0) is 0 Å². The summed E-state index contributed by atoms with van der Waals surface area (Å²) in [5, 5.41) is 21.0. The van der Waals surface area contributed by atoms with Crippen molar-refractivity contribution in [2.75, 3.05) is 24.7 Å². The van der Waals surface area contributed by atoms with Crippen molar-refractivity contribution in [3.63, 3.8) is 0 Å². The van der Waals surface area contributed by atoms with Gasteiger partial charge in [-0.15, -0.1) is 0 Å². The normalized spacial score (nSPS) is 14.4. The molecule has 0 amide bonds. The molecule has 3 N–H and O–H groups in total. The van der Waals surface area contributed by atoms with Gasteiger partial charge < -0.3 is 15.5 Å². The maximum atomic E-state index is 9.06. The quantitative estimate of drug-likeness (QED) is 0.558. The Balaban J connectivity index is 3.14. The number of aliphatic hydroxyl groups excluding tert-OH is 2. The van der Waals surface area contributed by atoms with Crippen molar-refractivity contribution < 1.29 is 10.2 Å². The smallest absolute Gasteiger partial charge is 0.0861 e. The van der Waals surface area contributed by atoms with Gasteiger partial charge in [0, 0.05) is 11.3 Å². The highest BCUT2D eigenvalue weighted by Gasteiger charge is 2.07. The van der Waals surface area contributed by atoms with Gasteiger partial charge >= 0.3 is 0 Å². The molecule has 0 spiro atoms. The third kappa shape index (κ3) is 10.3. The Bertz CT molecular complexity index is 137. The predicted molar refractivity (Wildman–Crippen MR) is 62.8 cm³/mol. The summed E-state index contributed by atoms with van der Waals surface area (Å²) in [7, 11) is 0. The lowest BCUT2D eigenvalue weighted by Gasteiger charge is -2.20. The Hall–Kier alpha value is 0.230. The summed E-state index contributed by atoms with van der Waals surface area (Å²) < 4.78 is 0. The molecule has 3 nitrogen and oxygen atoms in total. The second kappa shape index (κ2) is 7.51. The van der Waals surface area contributed by atoms with Crippen LogP contribution >= 0.6 is 11.8 Å². The van der Waals surface area contributed by atoms with E-state index >= 15 is 0 Å². The van der Waals surface area contributed by atoms with E-state index in [2.05, 4.69) is 26.1 Å². The van der Waals surface area contributed by atoms with Crippen LogP contribution in [-0.4, -0.2) is 46.5 Å². The fourth-order valence-corrected chi connectivity index (χ4v) is 1.80. The molecule has 1 unspecified atom stereocenters. The zero-order valence-electron chi connectivity index (χ0n) is 9.42. The van der Waals surface area contributed by atoms with E-state index in [1.165, 1.54) is 0 Å². The Morgan fingerprint density at radius 1 is 1.36 bits per heavy atom. The molecule has 0 radical (unpaired) electrons. The third-order valence-corrected chi connectivity index (χ3v) is 2.84. The highest BCUT2D eigenvalue weighted by molar-refractivity contribution is 7.99. The first-order valence-corrected chi connectivity index (χ1v) is 6.23. The molecule has 1 atom stereocenters. The van der Waals surface area contributed by atoms with Gasteiger partial charge in [-0.25, -0.2) is 0 Å². The first kappa shape index (κ1) is 14.2. The zero-order chi connectivity index (χ0) is 11.0. The molecule has 0 aromatic rings. The van der Waals surface area contributed by atoms with Gasteiger partial charge in [0.25, 0.3) is 0 Å². The molecule has 0 heterocycles. The van der Waals surface area contributed by atoms with Gasteiger partial charge in [0.1, 0.15) is 0 Å². The van der Waals surface area contributed by atoms with E-state index in [1.807, 2.05) is 0 Å². The Morgan fingerprint density at radius 2 is 2.00 bits per heavy atom. The molecule has 0 saturated heterocycles. The molecule has 4 heteroatoms. The minimum atomic E-state index is -0.560. The van der Waals surface area contributed by atoms with Crippen molar-refractivity contribution in [1.29, 1.82) is 0 Å². The fourth-order valence-electron chi connectivity index (χ4n) is 0.910. The molecular formula is C10H23NO2S. The Labute approximate surface area is 91.3 Å².